The van der Waals surface area contributed by atoms with Crippen LogP contribution in [0, 0.1) is 0 Å². The zero-order valence-electron chi connectivity index (χ0n) is 16.7. The number of nitrogens with one attached hydrogen (secondary N) is 1. The van der Waals surface area contributed by atoms with Crippen molar-refractivity contribution in [2.75, 3.05) is 6.54 Å². The molecule has 0 aromatic carbocycles. The number of amides is 2. The molecule has 2 amide bonds. The first-order valence-electron chi connectivity index (χ1n) is 10.7. The quantitative estimate of drug-likeness (QED) is 0.807. The number of likely N-dealkylation sites (tertiary alicyclic amines) is 1. The fraction of sp³-hybridized carbons (Fsp3) is 0.762. The van der Waals surface area contributed by atoms with E-state index in [0.717, 1.165) is 50.7 Å². The largest absolute Gasteiger partial charge is 0.389 e. The van der Waals surface area contributed by atoms with E-state index in [9.17, 15) is 14.7 Å². The molecule has 154 valence electrons. The van der Waals surface area contributed by atoms with Gasteiger partial charge in [-0.05, 0) is 45.4 Å². The van der Waals surface area contributed by atoms with E-state index in [1.54, 1.807) is 6.07 Å². The van der Waals surface area contributed by atoms with Crippen LogP contribution in [-0.2, 0) is 4.79 Å². The van der Waals surface area contributed by atoms with E-state index < -0.39 is 5.60 Å². The molecule has 1 unspecified atom stereocenters. The van der Waals surface area contributed by atoms with Crippen molar-refractivity contribution in [1.29, 1.82) is 0 Å². The smallest absolute Gasteiger partial charge is 0.273 e. The summed E-state index contributed by atoms with van der Waals surface area (Å²) in [5.74, 6) is 1.07. The molecule has 2 N–H and O–H groups in total. The Morgan fingerprint density at radius 3 is 2.71 bits per heavy atom. The number of piperidine rings is 1. The number of rotatable bonds is 5. The van der Waals surface area contributed by atoms with Crippen molar-refractivity contribution in [2.45, 2.75) is 94.7 Å². The van der Waals surface area contributed by atoms with Gasteiger partial charge in [-0.1, -0.05) is 24.4 Å². The van der Waals surface area contributed by atoms with Gasteiger partial charge in [-0.25, -0.2) is 0 Å². The Hall–Kier alpha value is -1.89. The number of hydrogen-bond acceptors (Lipinski definition) is 5. The Morgan fingerprint density at radius 1 is 1.29 bits per heavy atom. The van der Waals surface area contributed by atoms with E-state index in [1.165, 1.54) is 0 Å². The van der Waals surface area contributed by atoms with Crippen LogP contribution in [-0.4, -0.2) is 51.2 Å². The lowest BCUT2D eigenvalue weighted by Gasteiger charge is -2.40. The van der Waals surface area contributed by atoms with Crippen LogP contribution < -0.4 is 5.32 Å². The van der Waals surface area contributed by atoms with Crippen LogP contribution in [0.3, 0.4) is 0 Å². The fourth-order valence-corrected chi connectivity index (χ4v) is 4.66. The van der Waals surface area contributed by atoms with Crippen molar-refractivity contribution in [3.63, 3.8) is 0 Å². The van der Waals surface area contributed by atoms with Gasteiger partial charge < -0.3 is 19.8 Å². The molecule has 7 nitrogen and oxygen atoms in total. The summed E-state index contributed by atoms with van der Waals surface area (Å²) in [5, 5.41) is 17.6. The van der Waals surface area contributed by atoms with Gasteiger partial charge in [-0.15, -0.1) is 0 Å². The summed E-state index contributed by atoms with van der Waals surface area (Å²) >= 11 is 0. The van der Waals surface area contributed by atoms with E-state index in [4.69, 9.17) is 4.52 Å². The number of carbonyl (C=O) groups is 2. The minimum absolute atomic E-state index is 0.0189. The van der Waals surface area contributed by atoms with Gasteiger partial charge in [-0.3, -0.25) is 9.59 Å². The Balaban J connectivity index is 1.28. The molecule has 1 aromatic rings. The van der Waals surface area contributed by atoms with Crippen molar-refractivity contribution in [3.05, 3.63) is 17.5 Å². The Labute approximate surface area is 165 Å². The maximum atomic E-state index is 12.8. The third-order valence-corrected chi connectivity index (χ3v) is 6.54. The third kappa shape index (κ3) is 4.40. The van der Waals surface area contributed by atoms with Gasteiger partial charge in [0.25, 0.3) is 5.91 Å². The summed E-state index contributed by atoms with van der Waals surface area (Å²) in [5.41, 5.74) is -0.487. The summed E-state index contributed by atoms with van der Waals surface area (Å²) in [6.45, 7) is 2.62. The van der Waals surface area contributed by atoms with Crippen LogP contribution >= 0.6 is 0 Å². The summed E-state index contributed by atoms with van der Waals surface area (Å²) in [6.07, 6.45) is 8.45. The first-order chi connectivity index (χ1) is 13.4. The van der Waals surface area contributed by atoms with Crippen LogP contribution in [0.4, 0.5) is 0 Å². The molecule has 3 aliphatic rings. The zero-order chi connectivity index (χ0) is 19.7. The fourth-order valence-electron chi connectivity index (χ4n) is 4.66. The van der Waals surface area contributed by atoms with Gasteiger partial charge in [-0.2, -0.15) is 0 Å². The molecule has 4 rings (SSSR count). The highest BCUT2D eigenvalue weighted by atomic mass is 16.5. The van der Waals surface area contributed by atoms with E-state index in [-0.39, 0.29) is 30.3 Å². The van der Waals surface area contributed by atoms with Gasteiger partial charge in [0.2, 0.25) is 5.91 Å². The monoisotopic (exact) mass is 389 g/mol. The second-order valence-corrected chi connectivity index (χ2v) is 8.98. The van der Waals surface area contributed by atoms with Crippen LogP contribution in [0.2, 0.25) is 0 Å². The number of nitrogens with zero attached hydrogens (tertiary/aromatic N) is 2. The Morgan fingerprint density at radius 2 is 2.04 bits per heavy atom. The highest BCUT2D eigenvalue weighted by Crippen LogP contribution is 2.40. The van der Waals surface area contributed by atoms with Gasteiger partial charge >= 0.3 is 0 Å². The van der Waals surface area contributed by atoms with Crippen LogP contribution in [0.15, 0.2) is 10.6 Å². The Bertz CT molecular complexity index is 721. The number of aliphatic hydroxyl groups is 1. The average Bonchev–Trinajstić information content (AvgIpc) is 3.38. The van der Waals surface area contributed by atoms with Crippen molar-refractivity contribution in [1.82, 2.24) is 15.4 Å². The molecule has 0 bridgehead atoms. The van der Waals surface area contributed by atoms with Gasteiger partial charge in [0.1, 0.15) is 5.76 Å². The van der Waals surface area contributed by atoms with Gasteiger partial charge in [0.05, 0.1) is 12.0 Å². The molecule has 3 fully saturated rings. The zero-order valence-corrected chi connectivity index (χ0v) is 16.7. The molecular weight excluding hydrogens is 358 g/mol. The van der Waals surface area contributed by atoms with Crippen LogP contribution in [0.5, 0.6) is 0 Å². The third-order valence-electron chi connectivity index (χ3n) is 6.54. The van der Waals surface area contributed by atoms with Crippen molar-refractivity contribution in [3.8, 4) is 0 Å². The van der Waals surface area contributed by atoms with Gasteiger partial charge in [0, 0.05) is 30.6 Å². The summed E-state index contributed by atoms with van der Waals surface area (Å²) < 4.78 is 5.26. The van der Waals surface area contributed by atoms with Gasteiger partial charge in [0.15, 0.2) is 5.69 Å². The predicted molar refractivity (Wildman–Crippen MR) is 103 cm³/mol. The van der Waals surface area contributed by atoms with E-state index >= 15 is 0 Å². The molecule has 1 aromatic heterocycles. The second kappa shape index (κ2) is 7.85. The van der Waals surface area contributed by atoms with Crippen LogP contribution in [0.25, 0.3) is 0 Å². The lowest BCUT2D eigenvalue weighted by molar-refractivity contribution is -0.141. The molecule has 28 heavy (non-hydrogen) atoms. The van der Waals surface area contributed by atoms with Crippen LogP contribution in [0.1, 0.15) is 93.3 Å². The molecule has 2 heterocycles. The van der Waals surface area contributed by atoms with E-state index in [0.29, 0.717) is 31.0 Å². The number of hydrogen-bond donors (Lipinski definition) is 2. The first kappa shape index (κ1) is 19.4. The maximum Gasteiger partial charge on any atom is 0.273 e. The standard InChI is InChI=1S/C21H31N3O4/c1-14-11-16(22-20(26)17-12-18(28-23-17)15-5-6-15)7-10-24(14)19(25)13-21(27)8-3-2-4-9-21/h12,14-16,27H,2-11,13H2,1H3,(H,22,26)/t14-,16?/m1/s1. The molecule has 2 atom stereocenters. The lowest BCUT2D eigenvalue weighted by Crippen LogP contribution is -2.52. The molecule has 2 saturated carbocycles. The van der Waals surface area contributed by atoms with E-state index in [2.05, 4.69) is 10.5 Å². The molecule has 2 aliphatic carbocycles. The maximum absolute atomic E-state index is 12.8. The normalized spacial score (nSPS) is 27.4. The minimum Gasteiger partial charge on any atom is -0.389 e. The average molecular weight is 389 g/mol. The summed E-state index contributed by atoms with van der Waals surface area (Å²) in [4.78, 5) is 27.1. The molecule has 7 heteroatoms. The minimum atomic E-state index is -0.827. The molecule has 0 spiro atoms. The second-order valence-electron chi connectivity index (χ2n) is 8.98. The Kier molecular flexibility index (Phi) is 5.45. The lowest BCUT2D eigenvalue weighted by atomic mass is 9.82. The molecule has 1 saturated heterocycles. The molecule has 1 aliphatic heterocycles. The highest BCUT2D eigenvalue weighted by Gasteiger charge is 2.37. The molecule has 0 radical (unpaired) electrons. The SMILES string of the molecule is C[C@@H]1CC(NC(=O)c2cc(C3CC3)on2)CCN1C(=O)CC1(O)CCCCC1. The number of aromatic nitrogens is 1. The molecular formula is C21H31N3O4. The first-order valence-corrected chi connectivity index (χ1v) is 10.7. The predicted octanol–water partition coefficient (Wildman–Crippen LogP) is 2.75. The van der Waals surface area contributed by atoms with Crippen molar-refractivity contribution < 1.29 is 19.2 Å². The summed E-state index contributed by atoms with van der Waals surface area (Å²) in [6, 6.07) is 1.81. The topological polar surface area (TPSA) is 95.7 Å². The van der Waals surface area contributed by atoms with Crippen molar-refractivity contribution in [2.24, 2.45) is 0 Å². The van der Waals surface area contributed by atoms with Crippen molar-refractivity contribution >= 4 is 11.8 Å². The summed E-state index contributed by atoms with van der Waals surface area (Å²) in [7, 11) is 0. The number of carbonyl (C=O) groups excluding carboxylic acids is 2. The highest BCUT2D eigenvalue weighted by molar-refractivity contribution is 5.92. The van der Waals surface area contributed by atoms with E-state index in [1.807, 2.05) is 11.8 Å².